The van der Waals surface area contributed by atoms with Gasteiger partial charge in [-0.3, -0.25) is 4.79 Å². The topological polar surface area (TPSA) is 55.1 Å². The van der Waals surface area contributed by atoms with E-state index in [2.05, 4.69) is 5.32 Å². The molecule has 0 aliphatic heterocycles. The number of amides is 1. The van der Waals surface area contributed by atoms with Gasteiger partial charge in [-0.05, 0) is 18.8 Å². The normalized spacial score (nSPS) is 19.1. The molecule has 1 fully saturated rings. The predicted octanol–water partition coefficient (Wildman–Crippen LogP) is 1.67. The molecule has 88 valence electrons. The third kappa shape index (κ3) is 4.65. The minimum Gasteiger partial charge on any atom is -0.356 e. The third-order valence-corrected chi connectivity index (χ3v) is 3.36. The molecule has 1 amide bonds. The Labute approximate surface area is 92.8 Å². The monoisotopic (exact) mass is 212 g/mol. The summed E-state index contributed by atoms with van der Waals surface area (Å²) in [6, 6.07) is 0. The molecule has 3 N–H and O–H groups in total. The highest BCUT2D eigenvalue weighted by Gasteiger charge is 2.14. The second-order valence-electron chi connectivity index (χ2n) is 4.72. The van der Waals surface area contributed by atoms with E-state index in [1.54, 1.807) is 0 Å². The van der Waals surface area contributed by atoms with Crippen LogP contribution in [-0.4, -0.2) is 19.0 Å². The first kappa shape index (κ1) is 12.5. The molecule has 0 radical (unpaired) electrons. The second kappa shape index (κ2) is 6.83. The molecular formula is C12H24N2O. The molecule has 1 rings (SSSR count). The van der Waals surface area contributed by atoms with E-state index in [0.29, 0.717) is 6.54 Å². The molecule has 0 aromatic rings. The van der Waals surface area contributed by atoms with Gasteiger partial charge >= 0.3 is 0 Å². The zero-order valence-electron chi connectivity index (χ0n) is 9.80. The smallest absolute Gasteiger partial charge is 0.224 e. The zero-order chi connectivity index (χ0) is 11.1. The van der Waals surface area contributed by atoms with Crippen molar-refractivity contribution < 1.29 is 4.79 Å². The van der Waals surface area contributed by atoms with Crippen molar-refractivity contribution in [2.75, 3.05) is 13.1 Å². The number of carbonyl (C=O) groups is 1. The van der Waals surface area contributed by atoms with Crippen LogP contribution in [0, 0.1) is 11.8 Å². The molecule has 0 spiro atoms. The maximum Gasteiger partial charge on any atom is 0.224 e. The quantitative estimate of drug-likeness (QED) is 0.658. The lowest BCUT2D eigenvalue weighted by molar-refractivity contribution is -0.124. The van der Waals surface area contributed by atoms with E-state index in [9.17, 15) is 4.79 Å². The van der Waals surface area contributed by atoms with E-state index in [4.69, 9.17) is 5.73 Å². The van der Waals surface area contributed by atoms with Crippen LogP contribution in [0.2, 0.25) is 0 Å². The number of hydrogen-bond donors (Lipinski definition) is 2. The van der Waals surface area contributed by atoms with Crippen molar-refractivity contribution in [1.82, 2.24) is 5.32 Å². The highest BCUT2D eigenvalue weighted by Crippen LogP contribution is 2.28. The SMILES string of the molecule is CC(CN)C(=O)NCCCC1CCCC1. The van der Waals surface area contributed by atoms with Crippen LogP contribution in [0.3, 0.4) is 0 Å². The summed E-state index contributed by atoms with van der Waals surface area (Å²) in [6.45, 7) is 3.13. The molecule has 1 atom stereocenters. The van der Waals surface area contributed by atoms with Crippen LogP contribution < -0.4 is 11.1 Å². The number of hydrogen-bond acceptors (Lipinski definition) is 2. The van der Waals surface area contributed by atoms with Crippen LogP contribution >= 0.6 is 0 Å². The molecule has 1 unspecified atom stereocenters. The van der Waals surface area contributed by atoms with Crippen LogP contribution in [0.5, 0.6) is 0 Å². The predicted molar refractivity (Wildman–Crippen MR) is 62.4 cm³/mol. The molecule has 15 heavy (non-hydrogen) atoms. The largest absolute Gasteiger partial charge is 0.356 e. The van der Waals surface area contributed by atoms with Gasteiger partial charge in [-0.25, -0.2) is 0 Å². The Bertz CT molecular complexity index is 188. The minimum atomic E-state index is -0.0449. The Morgan fingerprint density at radius 2 is 2.13 bits per heavy atom. The number of nitrogens with two attached hydrogens (primary N) is 1. The Morgan fingerprint density at radius 3 is 2.73 bits per heavy atom. The van der Waals surface area contributed by atoms with Gasteiger partial charge in [0.2, 0.25) is 5.91 Å². The minimum absolute atomic E-state index is 0.0449. The maximum atomic E-state index is 11.4. The van der Waals surface area contributed by atoms with E-state index in [-0.39, 0.29) is 11.8 Å². The van der Waals surface area contributed by atoms with Crippen LogP contribution in [-0.2, 0) is 4.79 Å². The maximum absolute atomic E-state index is 11.4. The number of rotatable bonds is 6. The standard InChI is InChI=1S/C12H24N2O/c1-10(9-13)12(15)14-8-4-7-11-5-2-3-6-11/h10-11H,2-9,13H2,1H3,(H,14,15). The van der Waals surface area contributed by atoms with Crippen LogP contribution in [0.1, 0.15) is 45.4 Å². The van der Waals surface area contributed by atoms with Gasteiger partial charge in [-0.2, -0.15) is 0 Å². The molecule has 3 heteroatoms. The zero-order valence-corrected chi connectivity index (χ0v) is 9.80. The van der Waals surface area contributed by atoms with Crippen molar-refractivity contribution in [1.29, 1.82) is 0 Å². The molecule has 0 aromatic carbocycles. The molecule has 0 saturated heterocycles. The summed E-state index contributed by atoms with van der Waals surface area (Å²) >= 11 is 0. The van der Waals surface area contributed by atoms with E-state index in [1.165, 1.54) is 32.1 Å². The molecule has 0 bridgehead atoms. The highest BCUT2D eigenvalue weighted by atomic mass is 16.1. The molecular weight excluding hydrogens is 188 g/mol. The molecule has 0 heterocycles. The van der Waals surface area contributed by atoms with Gasteiger partial charge < -0.3 is 11.1 Å². The average molecular weight is 212 g/mol. The van der Waals surface area contributed by atoms with Crippen molar-refractivity contribution >= 4 is 5.91 Å². The van der Waals surface area contributed by atoms with Gasteiger partial charge in [0.15, 0.2) is 0 Å². The fourth-order valence-electron chi connectivity index (χ4n) is 2.18. The van der Waals surface area contributed by atoms with Gasteiger partial charge in [0.25, 0.3) is 0 Å². The Kier molecular flexibility index (Phi) is 5.69. The Hall–Kier alpha value is -0.570. The van der Waals surface area contributed by atoms with E-state index in [1.807, 2.05) is 6.92 Å². The third-order valence-electron chi connectivity index (χ3n) is 3.36. The van der Waals surface area contributed by atoms with Crippen LogP contribution in [0.4, 0.5) is 0 Å². The number of carbonyl (C=O) groups excluding carboxylic acids is 1. The van der Waals surface area contributed by atoms with Gasteiger partial charge in [-0.1, -0.05) is 32.6 Å². The van der Waals surface area contributed by atoms with Crippen LogP contribution in [0.25, 0.3) is 0 Å². The summed E-state index contributed by atoms with van der Waals surface area (Å²) in [5, 5.41) is 2.94. The average Bonchev–Trinajstić information content (AvgIpc) is 2.75. The van der Waals surface area contributed by atoms with Gasteiger partial charge in [0, 0.05) is 19.0 Å². The fraction of sp³-hybridized carbons (Fsp3) is 0.917. The lowest BCUT2D eigenvalue weighted by Gasteiger charge is -2.11. The second-order valence-corrected chi connectivity index (χ2v) is 4.72. The molecule has 1 aliphatic rings. The van der Waals surface area contributed by atoms with Gasteiger partial charge in [0.05, 0.1) is 0 Å². The van der Waals surface area contributed by atoms with Crippen molar-refractivity contribution in [3.63, 3.8) is 0 Å². The molecule has 3 nitrogen and oxygen atoms in total. The van der Waals surface area contributed by atoms with Gasteiger partial charge in [-0.15, -0.1) is 0 Å². The van der Waals surface area contributed by atoms with E-state index in [0.717, 1.165) is 18.9 Å². The summed E-state index contributed by atoms with van der Waals surface area (Å²) in [5.41, 5.74) is 5.42. The van der Waals surface area contributed by atoms with Crippen LogP contribution in [0.15, 0.2) is 0 Å². The highest BCUT2D eigenvalue weighted by molar-refractivity contribution is 5.78. The summed E-state index contributed by atoms with van der Waals surface area (Å²) in [6.07, 6.45) is 7.99. The first-order chi connectivity index (χ1) is 7.24. The summed E-state index contributed by atoms with van der Waals surface area (Å²) in [7, 11) is 0. The molecule has 1 aliphatic carbocycles. The first-order valence-corrected chi connectivity index (χ1v) is 6.21. The van der Waals surface area contributed by atoms with E-state index < -0.39 is 0 Å². The first-order valence-electron chi connectivity index (χ1n) is 6.21. The van der Waals surface area contributed by atoms with Crippen molar-refractivity contribution in [2.45, 2.75) is 45.4 Å². The summed E-state index contributed by atoms with van der Waals surface area (Å²) in [5.74, 6) is 0.981. The van der Waals surface area contributed by atoms with Crippen molar-refractivity contribution in [3.8, 4) is 0 Å². The number of nitrogens with one attached hydrogen (secondary N) is 1. The van der Waals surface area contributed by atoms with Crippen molar-refractivity contribution in [3.05, 3.63) is 0 Å². The summed E-state index contributed by atoms with van der Waals surface area (Å²) < 4.78 is 0. The van der Waals surface area contributed by atoms with Crippen molar-refractivity contribution in [2.24, 2.45) is 17.6 Å². The lowest BCUT2D eigenvalue weighted by atomic mass is 10.0. The molecule has 0 aromatic heterocycles. The fourth-order valence-corrected chi connectivity index (χ4v) is 2.18. The Morgan fingerprint density at radius 1 is 1.47 bits per heavy atom. The summed E-state index contributed by atoms with van der Waals surface area (Å²) in [4.78, 5) is 11.4. The lowest BCUT2D eigenvalue weighted by Crippen LogP contribution is -2.33. The van der Waals surface area contributed by atoms with Gasteiger partial charge in [0.1, 0.15) is 0 Å². The van der Waals surface area contributed by atoms with E-state index >= 15 is 0 Å². The Balaban J connectivity index is 1.98. The molecule has 1 saturated carbocycles.